The molecule has 0 saturated carbocycles. The quantitative estimate of drug-likeness (QED) is 0.400. The number of halogens is 3. The monoisotopic (exact) mass is 402 g/mol. The number of hydrogen-bond acceptors (Lipinski definition) is 5. The number of carbonyl (C=O) groups excluding carboxylic acids is 1. The molecule has 146 valence electrons. The van der Waals surface area contributed by atoms with Crippen molar-refractivity contribution in [3.8, 4) is 5.75 Å². The van der Waals surface area contributed by atoms with Gasteiger partial charge in [0.05, 0.1) is 13.5 Å². The molecular formula is C18H17F3O5S. The minimum atomic E-state index is -5.79. The lowest BCUT2D eigenvalue weighted by Gasteiger charge is -2.19. The van der Waals surface area contributed by atoms with Gasteiger partial charge in [-0.05, 0) is 29.5 Å². The number of carbonyl (C=O) groups is 1. The Kier molecular flexibility index (Phi) is 6.48. The van der Waals surface area contributed by atoms with Gasteiger partial charge in [-0.25, -0.2) is 0 Å². The van der Waals surface area contributed by atoms with Gasteiger partial charge >= 0.3 is 21.6 Å². The van der Waals surface area contributed by atoms with E-state index in [1.165, 1.54) is 19.2 Å². The van der Waals surface area contributed by atoms with Crippen LogP contribution in [0.2, 0.25) is 0 Å². The van der Waals surface area contributed by atoms with Crippen LogP contribution >= 0.6 is 0 Å². The molecule has 0 fully saturated rings. The van der Waals surface area contributed by atoms with E-state index in [2.05, 4.69) is 8.92 Å². The molecule has 9 heteroatoms. The Morgan fingerprint density at radius 2 is 1.63 bits per heavy atom. The van der Waals surface area contributed by atoms with E-state index in [9.17, 15) is 26.4 Å². The first-order valence-corrected chi connectivity index (χ1v) is 9.25. The molecule has 0 aliphatic heterocycles. The van der Waals surface area contributed by atoms with E-state index < -0.39 is 33.3 Å². The second kappa shape index (κ2) is 8.43. The van der Waals surface area contributed by atoms with Gasteiger partial charge in [0, 0.05) is 0 Å². The molecule has 27 heavy (non-hydrogen) atoms. The number of rotatable bonds is 7. The van der Waals surface area contributed by atoms with Crippen molar-refractivity contribution in [1.29, 1.82) is 0 Å². The number of methoxy groups -OCH3 is 1. The fourth-order valence-electron chi connectivity index (χ4n) is 2.50. The van der Waals surface area contributed by atoms with Crippen molar-refractivity contribution in [2.24, 2.45) is 0 Å². The maximum absolute atomic E-state index is 12.6. The highest BCUT2D eigenvalue weighted by Crippen LogP contribution is 2.32. The summed E-state index contributed by atoms with van der Waals surface area (Å²) < 4.78 is 69.5. The summed E-state index contributed by atoms with van der Waals surface area (Å²) in [5, 5.41) is 0. The van der Waals surface area contributed by atoms with E-state index in [-0.39, 0.29) is 18.4 Å². The number of alkyl halides is 3. The van der Waals surface area contributed by atoms with E-state index in [4.69, 9.17) is 0 Å². The summed E-state index contributed by atoms with van der Waals surface area (Å²) in [6.45, 7) is 0. The summed E-state index contributed by atoms with van der Waals surface area (Å²) in [4.78, 5) is 11.7. The Labute approximate surface area is 154 Å². The predicted molar refractivity (Wildman–Crippen MR) is 91.6 cm³/mol. The Morgan fingerprint density at radius 3 is 2.22 bits per heavy atom. The lowest BCUT2D eigenvalue weighted by molar-refractivity contribution is -0.141. The third kappa shape index (κ3) is 5.46. The normalized spacial score (nSPS) is 13.0. The van der Waals surface area contributed by atoms with Crippen LogP contribution in [-0.2, 0) is 26.1 Å². The van der Waals surface area contributed by atoms with Gasteiger partial charge in [-0.1, -0.05) is 48.5 Å². The van der Waals surface area contributed by atoms with E-state index in [0.717, 1.165) is 11.6 Å². The van der Waals surface area contributed by atoms with Crippen LogP contribution in [0.15, 0.2) is 54.6 Å². The lowest BCUT2D eigenvalue weighted by Crippen LogP contribution is -2.28. The molecular weight excluding hydrogens is 385 g/mol. The highest BCUT2D eigenvalue weighted by Gasteiger charge is 2.48. The topological polar surface area (TPSA) is 69.7 Å². The van der Waals surface area contributed by atoms with Crippen molar-refractivity contribution >= 4 is 16.1 Å². The molecule has 0 radical (unpaired) electrons. The zero-order chi connectivity index (χ0) is 20.1. The van der Waals surface area contributed by atoms with E-state index in [0.29, 0.717) is 0 Å². The van der Waals surface area contributed by atoms with Crippen molar-refractivity contribution in [2.45, 2.75) is 24.3 Å². The van der Waals surface area contributed by atoms with Crippen LogP contribution in [-0.4, -0.2) is 27.0 Å². The van der Waals surface area contributed by atoms with Gasteiger partial charge in [0.2, 0.25) is 0 Å². The van der Waals surface area contributed by atoms with E-state index >= 15 is 0 Å². The zero-order valence-corrected chi connectivity index (χ0v) is 15.1. The Bertz CT molecular complexity index is 879. The molecule has 2 aromatic rings. The molecule has 0 aliphatic carbocycles. The third-order valence-corrected chi connectivity index (χ3v) is 4.80. The van der Waals surface area contributed by atoms with E-state index in [1.54, 1.807) is 36.4 Å². The van der Waals surface area contributed by atoms with Crippen molar-refractivity contribution < 1.29 is 35.3 Å². The van der Waals surface area contributed by atoms with Gasteiger partial charge in [0.1, 0.15) is 5.75 Å². The molecule has 0 unspecified atom stereocenters. The van der Waals surface area contributed by atoms with Gasteiger partial charge in [-0.2, -0.15) is 21.6 Å². The second-order valence-electron chi connectivity index (χ2n) is 5.68. The first-order valence-electron chi connectivity index (χ1n) is 7.84. The predicted octanol–water partition coefficient (Wildman–Crippen LogP) is 3.80. The number of benzene rings is 2. The molecule has 0 amide bonds. The van der Waals surface area contributed by atoms with Crippen LogP contribution in [0.3, 0.4) is 0 Å². The van der Waals surface area contributed by atoms with Gasteiger partial charge in [0.25, 0.3) is 0 Å². The highest BCUT2D eigenvalue weighted by molar-refractivity contribution is 7.88. The lowest BCUT2D eigenvalue weighted by atomic mass is 9.89. The molecule has 2 rings (SSSR count). The zero-order valence-electron chi connectivity index (χ0n) is 14.3. The summed E-state index contributed by atoms with van der Waals surface area (Å²) >= 11 is 0. The molecule has 0 bridgehead atoms. The summed E-state index contributed by atoms with van der Waals surface area (Å²) in [7, 11) is -4.56. The summed E-state index contributed by atoms with van der Waals surface area (Å²) in [5.74, 6) is -1.36. The molecule has 0 aromatic heterocycles. The first-order chi connectivity index (χ1) is 12.6. The molecule has 0 aliphatic rings. The summed E-state index contributed by atoms with van der Waals surface area (Å²) in [6, 6.07) is 14.3. The molecule has 0 saturated heterocycles. The SMILES string of the molecule is COC(=O)C[C@@H](Cc1ccccc1OS(=O)(=O)C(F)(F)F)c1ccccc1. The number of ether oxygens (including phenoxy) is 1. The average molecular weight is 402 g/mol. The highest BCUT2D eigenvalue weighted by atomic mass is 32.2. The minimum absolute atomic E-state index is 0.0269. The number of esters is 1. The number of hydrogen-bond donors (Lipinski definition) is 0. The van der Waals surface area contributed by atoms with Crippen LogP contribution in [0.25, 0.3) is 0 Å². The van der Waals surface area contributed by atoms with Crippen molar-refractivity contribution in [2.75, 3.05) is 7.11 Å². The Morgan fingerprint density at radius 1 is 1.04 bits per heavy atom. The summed E-state index contributed by atoms with van der Waals surface area (Å²) in [5.41, 5.74) is -4.55. The smallest absolute Gasteiger partial charge is 0.469 e. The molecule has 0 spiro atoms. The molecule has 1 atom stereocenters. The Hall–Kier alpha value is -2.55. The molecule has 0 N–H and O–H groups in total. The van der Waals surface area contributed by atoms with Crippen molar-refractivity contribution in [3.63, 3.8) is 0 Å². The molecule has 0 heterocycles. The first kappa shape index (κ1) is 20.8. The van der Waals surface area contributed by atoms with Gasteiger partial charge in [0.15, 0.2) is 0 Å². The van der Waals surface area contributed by atoms with Crippen molar-refractivity contribution in [1.82, 2.24) is 0 Å². The average Bonchev–Trinajstić information content (AvgIpc) is 2.62. The maximum atomic E-state index is 12.6. The fraction of sp³-hybridized carbons (Fsp3) is 0.278. The second-order valence-corrected chi connectivity index (χ2v) is 7.22. The largest absolute Gasteiger partial charge is 0.534 e. The fourth-order valence-corrected chi connectivity index (χ4v) is 3.00. The third-order valence-electron chi connectivity index (χ3n) is 3.83. The van der Waals surface area contributed by atoms with Crippen molar-refractivity contribution in [3.05, 3.63) is 65.7 Å². The number of para-hydroxylation sites is 1. The minimum Gasteiger partial charge on any atom is -0.469 e. The van der Waals surface area contributed by atoms with Gasteiger partial charge in [-0.3, -0.25) is 4.79 Å². The van der Waals surface area contributed by atoms with Crippen LogP contribution in [0.5, 0.6) is 5.75 Å². The van der Waals surface area contributed by atoms with Crippen LogP contribution < -0.4 is 4.18 Å². The Balaban J connectivity index is 2.35. The summed E-state index contributed by atoms with van der Waals surface area (Å²) in [6.07, 6.45) is 0.0591. The van der Waals surface area contributed by atoms with Crippen LogP contribution in [0.4, 0.5) is 13.2 Å². The molecule has 5 nitrogen and oxygen atoms in total. The maximum Gasteiger partial charge on any atom is 0.534 e. The van der Waals surface area contributed by atoms with Gasteiger partial charge < -0.3 is 8.92 Å². The van der Waals surface area contributed by atoms with Gasteiger partial charge in [-0.15, -0.1) is 0 Å². The van der Waals surface area contributed by atoms with Crippen LogP contribution in [0.1, 0.15) is 23.5 Å². The molecule has 2 aromatic carbocycles. The van der Waals surface area contributed by atoms with E-state index in [1.807, 2.05) is 0 Å². The van der Waals surface area contributed by atoms with Crippen LogP contribution in [0, 0.1) is 0 Å². The standard InChI is InChI=1S/C18H17F3O5S/c1-25-17(22)12-15(13-7-3-2-4-8-13)11-14-9-5-6-10-16(14)26-27(23,24)18(19,20)21/h2-10,15H,11-12H2,1H3/t15-/m1/s1.